The minimum Gasteiger partial charge on any atom is -0.372 e. The van der Waals surface area contributed by atoms with Gasteiger partial charge in [0.25, 0.3) is 5.91 Å². The summed E-state index contributed by atoms with van der Waals surface area (Å²) in [6.45, 7) is 7.47. The van der Waals surface area contributed by atoms with Crippen LogP contribution in [0.4, 0.5) is 17.2 Å². The molecule has 2 heterocycles. The number of hydrogen-bond donors (Lipinski definition) is 2. The molecule has 1 amide bonds. The average Bonchev–Trinajstić information content (AvgIpc) is 2.68. The standard InChI is InChI=1S/C21H28N4O/c1-3-11-22-20-15-17(8-12-23-20)21(26)24-18-4-6-19(7-5-18)25-13-9-16(2)10-14-25/h4-8,12,15-16H,3,9-11,13-14H2,1-2H3,(H,22,23)(H,24,26). The van der Waals surface area contributed by atoms with Crippen LogP contribution in [0.15, 0.2) is 42.6 Å². The predicted octanol–water partition coefficient (Wildman–Crippen LogP) is 4.39. The number of piperidine rings is 1. The maximum absolute atomic E-state index is 12.5. The quantitative estimate of drug-likeness (QED) is 0.809. The third-order valence-electron chi connectivity index (χ3n) is 4.85. The van der Waals surface area contributed by atoms with Crippen molar-refractivity contribution in [2.75, 3.05) is 35.2 Å². The molecule has 2 aromatic rings. The summed E-state index contributed by atoms with van der Waals surface area (Å²) in [6, 6.07) is 11.6. The van der Waals surface area contributed by atoms with Crippen LogP contribution in [0.1, 0.15) is 43.5 Å². The lowest BCUT2D eigenvalue weighted by atomic mass is 9.99. The number of benzene rings is 1. The topological polar surface area (TPSA) is 57.3 Å². The number of aromatic nitrogens is 1. The van der Waals surface area contributed by atoms with Gasteiger partial charge in [0.1, 0.15) is 5.82 Å². The van der Waals surface area contributed by atoms with E-state index in [-0.39, 0.29) is 5.91 Å². The molecule has 0 atom stereocenters. The number of anilines is 3. The molecule has 3 rings (SSSR count). The fourth-order valence-corrected chi connectivity index (χ4v) is 3.15. The lowest BCUT2D eigenvalue weighted by Crippen LogP contribution is -2.32. The van der Waals surface area contributed by atoms with Gasteiger partial charge in [0, 0.05) is 42.8 Å². The molecule has 1 aromatic heterocycles. The van der Waals surface area contributed by atoms with Gasteiger partial charge in [0.15, 0.2) is 0 Å². The Balaban J connectivity index is 1.61. The fraction of sp³-hybridized carbons (Fsp3) is 0.429. The SMILES string of the molecule is CCCNc1cc(C(=O)Nc2ccc(N3CCC(C)CC3)cc2)ccn1. The first-order valence-electron chi connectivity index (χ1n) is 9.52. The Bertz CT molecular complexity index is 721. The molecule has 0 aliphatic carbocycles. The van der Waals surface area contributed by atoms with E-state index in [4.69, 9.17) is 0 Å². The molecule has 1 aliphatic rings. The number of carbonyl (C=O) groups is 1. The van der Waals surface area contributed by atoms with Crippen LogP contribution in [0.2, 0.25) is 0 Å². The summed E-state index contributed by atoms with van der Waals surface area (Å²) in [4.78, 5) is 19.1. The van der Waals surface area contributed by atoms with Crippen LogP contribution >= 0.6 is 0 Å². The lowest BCUT2D eigenvalue weighted by Gasteiger charge is -2.32. The van der Waals surface area contributed by atoms with Gasteiger partial charge in [-0.25, -0.2) is 4.98 Å². The Hall–Kier alpha value is -2.56. The number of carbonyl (C=O) groups excluding carboxylic acids is 1. The number of amides is 1. The van der Waals surface area contributed by atoms with Gasteiger partial charge in [-0.15, -0.1) is 0 Å². The molecule has 1 saturated heterocycles. The summed E-state index contributed by atoms with van der Waals surface area (Å²) in [6.07, 6.45) is 5.16. The van der Waals surface area contributed by atoms with Gasteiger partial charge in [-0.05, 0) is 61.6 Å². The van der Waals surface area contributed by atoms with Crippen LogP contribution in [0, 0.1) is 5.92 Å². The van der Waals surface area contributed by atoms with Crippen molar-refractivity contribution < 1.29 is 4.79 Å². The summed E-state index contributed by atoms with van der Waals surface area (Å²) in [5, 5.41) is 6.17. The minimum atomic E-state index is -0.119. The van der Waals surface area contributed by atoms with Gasteiger partial charge < -0.3 is 15.5 Å². The van der Waals surface area contributed by atoms with Crippen LogP contribution in [-0.2, 0) is 0 Å². The first-order chi connectivity index (χ1) is 12.7. The average molecular weight is 352 g/mol. The number of rotatable bonds is 6. The highest BCUT2D eigenvalue weighted by Crippen LogP contribution is 2.24. The second-order valence-corrected chi connectivity index (χ2v) is 7.03. The molecule has 5 nitrogen and oxygen atoms in total. The predicted molar refractivity (Wildman–Crippen MR) is 108 cm³/mol. The second kappa shape index (κ2) is 8.70. The van der Waals surface area contributed by atoms with E-state index in [1.165, 1.54) is 18.5 Å². The monoisotopic (exact) mass is 352 g/mol. The molecule has 0 bridgehead atoms. The third kappa shape index (κ3) is 4.75. The van der Waals surface area contributed by atoms with E-state index in [1.807, 2.05) is 12.1 Å². The van der Waals surface area contributed by atoms with Crippen molar-refractivity contribution in [1.82, 2.24) is 4.98 Å². The zero-order valence-corrected chi connectivity index (χ0v) is 15.7. The van der Waals surface area contributed by atoms with Crippen molar-refractivity contribution in [3.63, 3.8) is 0 Å². The van der Waals surface area contributed by atoms with Crippen LogP contribution < -0.4 is 15.5 Å². The van der Waals surface area contributed by atoms with E-state index in [9.17, 15) is 4.79 Å². The molecule has 0 spiro atoms. The Morgan fingerprint density at radius 2 is 1.92 bits per heavy atom. The van der Waals surface area contributed by atoms with Crippen molar-refractivity contribution in [2.24, 2.45) is 5.92 Å². The van der Waals surface area contributed by atoms with E-state index >= 15 is 0 Å². The van der Waals surface area contributed by atoms with Crippen LogP contribution in [0.25, 0.3) is 0 Å². The van der Waals surface area contributed by atoms with Crippen molar-refractivity contribution >= 4 is 23.1 Å². The first kappa shape index (κ1) is 18.2. The third-order valence-corrected chi connectivity index (χ3v) is 4.85. The van der Waals surface area contributed by atoms with Gasteiger partial charge in [-0.2, -0.15) is 0 Å². The number of pyridine rings is 1. The van der Waals surface area contributed by atoms with Gasteiger partial charge in [-0.1, -0.05) is 13.8 Å². The number of hydrogen-bond acceptors (Lipinski definition) is 4. The lowest BCUT2D eigenvalue weighted by molar-refractivity contribution is 0.102. The van der Waals surface area contributed by atoms with Gasteiger partial charge in [0.05, 0.1) is 0 Å². The van der Waals surface area contributed by atoms with Crippen LogP contribution in [-0.4, -0.2) is 30.5 Å². The van der Waals surface area contributed by atoms with Crippen molar-refractivity contribution in [1.29, 1.82) is 0 Å². The molecule has 1 aliphatic heterocycles. The summed E-state index contributed by atoms with van der Waals surface area (Å²) in [7, 11) is 0. The summed E-state index contributed by atoms with van der Waals surface area (Å²) in [5.41, 5.74) is 2.64. The first-order valence-corrected chi connectivity index (χ1v) is 9.52. The maximum atomic E-state index is 12.5. The maximum Gasteiger partial charge on any atom is 0.255 e. The normalized spacial score (nSPS) is 14.9. The molecule has 1 aromatic carbocycles. The molecule has 26 heavy (non-hydrogen) atoms. The van der Waals surface area contributed by atoms with Gasteiger partial charge in [-0.3, -0.25) is 4.79 Å². The highest BCUT2D eigenvalue weighted by Gasteiger charge is 2.16. The largest absolute Gasteiger partial charge is 0.372 e. The van der Waals surface area contributed by atoms with E-state index in [1.54, 1.807) is 18.3 Å². The summed E-state index contributed by atoms with van der Waals surface area (Å²) in [5.74, 6) is 1.43. The van der Waals surface area contributed by atoms with Crippen molar-refractivity contribution in [3.05, 3.63) is 48.2 Å². The zero-order valence-electron chi connectivity index (χ0n) is 15.7. The van der Waals surface area contributed by atoms with E-state index in [2.05, 4.69) is 46.5 Å². The molecular weight excluding hydrogens is 324 g/mol. The van der Waals surface area contributed by atoms with Crippen LogP contribution in [0.5, 0.6) is 0 Å². The van der Waals surface area contributed by atoms with E-state index in [0.29, 0.717) is 5.56 Å². The number of nitrogens with one attached hydrogen (secondary N) is 2. The Kier molecular flexibility index (Phi) is 6.10. The fourth-order valence-electron chi connectivity index (χ4n) is 3.15. The molecule has 5 heteroatoms. The van der Waals surface area contributed by atoms with E-state index < -0.39 is 0 Å². The molecule has 0 saturated carbocycles. The molecular formula is C21H28N4O. The highest BCUT2D eigenvalue weighted by molar-refractivity contribution is 6.04. The zero-order chi connectivity index (χ0) is 18.4. The Morgan fingerprint density at radius 1 is 1.19 bits per heavy atom. The molecule has 0 unspecified atom stereocenters. The second-order valence-electron chi connectivity index (χ2n) is 7.03. The van der Waals surface area contributed by atoms with Crippen molar-refractivity contribution in [2.45, 2.75) is 33.1 Å². The summed E-state index contributed by atoms with van der Waals surface area (Å²) < 4.78 is 0. The van der Waals surface area contributed by atoms with Gasteiger partial charge in [0.2, 0.25) is 0 Å². The van der Waals surface area contributed by atoms with Crippen LogP contribution in [0.3, 0.4) is 0 Å². The van der Waals surface area contributed by atoms with Gasteiger partial charge >= 0.3 is 0 Å². The Morgan fingerprint density at radius 3 is 2.62 bits per heavy atom. The van der Waals surface area contributed by atoms with E-state index in [0.717, 1.165) is 43.5 Å². The highest BCUT2D eigenvalue weighted by atomic mass is 16.1. The minimum absolute atomic E-state index is 0.119. The number of nitrogens with zero attached hydrogens (tertiary/aromatic N) is 2. The molecule has 138 valence electrons. The molecule has 1 fully saturated rings. The smallest absolute Gasteiger partial charge is 0.255 e. The molecule has 2 N–H and O–H groups in total. The Labute approximate surface area is 155 Å². The summed E-state index contributed by atoms with van der Waals surface area (Å²) >= 11 is 0. The van der Waals surface area contributed by atoms with Crippen molar-refractivity contribution in [3.8, 4) is 0 Å². The molecule has 0 radical (unpaired) electrons.